The normalized spacial score (nSPS) is 12.9. The van der Waals surface area contributed by atoms with Crippen LogP contribution in [0, 0.1) is 0 Å². The van der Waals surface area contributed by atoms with Gasteiger partial charge in [-0.15, -0.1) is 0 Å². The van der Waals surface area contributed by atoms with Crippen LogP contribution in [0.2, 0.25) is 0 Å². The predicted molar refractivity (Wildman–Crippen MR) is 240 cm³/mol. The van der Waals surface area contributed by atoms with Crippen molar-refractivity contribution in [2.24, 2.45) is 0 Å². The van der Waals surface area contributed by atoms with Gasteiger partial charge in [0.25, 0.3) is 0 Å². The van der Waals surface area contributed by atoms with Crippen LogP contribution in [0.4, 0.5) is 17.1 Å². The zero-order valence-electron chi connectivity index (χ0n) is 31.9. The van der Waals surface area contributed by atoms with E-state index in [0.29, 0.717) is 0 Å². The number of rotatable bonds is 6. The Bertz CT molecular complexity index is 3150. The molecule has 0 fully saturated rings. The van der Waals surface area contributed by atoms with Crippen LogP contribution >= 0.6 is 0 Å². The molecule has 2 heteroatoms. The van der Waals surface area contributed by atoms with Crippen molar-refractivity contribution in [2.45, 2.75) is 19.3 Å². The smallest absolute Gasteiger partial charge is 0.135 e. The minimum absolute atomic E-state index is 0.0866. The number of fused-ring (bicyclic) bond motifs is 7. The second kappa shape index (κ2) is 13.0. The van der Waals surface area contributed by atoms with Gasteiger partial charge in [0.1, 0.15) is 11.2 Å². The molecule has 57 heavy (non-hydrogen) atoms. The molecule has 9 aromatic carbocycles. The molecule has 2 nitrogen and oxygen atoms in total. The van der Waals surface area contributed by atoms with Crippen LogP contribution in [0.15, 0.2) is 205 Å². The number of hydrogen-bond donors (Lipinski definition) is 0. The van der Waals surface area contributed by atoms with Crippen molar-refractivity contribution in [3.63, 3.8) is 0 Å². The van der Waals surface area contributed by atoms with Crippen molar-refractivity contribution in [3.8, 4) is 44.5 Å². The summed E-state index contributed by atoms with van der Waals surface area (Å²) in [5, 5.41) is 4.77. The first-order chi connectivity index (χ1) is 28.0. The third-order valence-corrected chi connectivity index (χ3v) is 12.1. The largest absolute Gasteiger partial charge is 0.456 e. The minimum Gasteiger partial charge on any atom is -0.456 e. The Labute approximate surface area is 332 Å². The summed E-state index contributed by atoms with van der Waals surface area (Å²) in [6.07, 6.45) is 0. The van der Waals surface area contributed by atoms with E-state index in [1.54, 1.807) is 0 Å². The van der Waals surface area contributed by atoms with E-state index in [4.69, 9.17) is 4.42 Å². The number of benzene rings is 9. The van der Waals surface area contributed by atoms with Gasteiger partial charge in [0, 0.05) is 33.1 Å². The lowest BCUT2D eigenvalue weighted by molar-refractivity contribution is 0.660. The van der Waals surface area contributed by atoms with Crippen molar-refractivity contribution < 1.29 is 4.42 Å². The fraction of sp³-hybridized carbons (Fsp3) is 0.0545. The molecular weight excluding hydrogens is 691 g/mol. The van der Waals surface area contributed by atoms with Gasteiger partial charge in [-0.2, -0.15) is 0 Å². The lowest BCUT2D eigenvalue weighted by Crippen LogP contribution is -2.14. The molecule has 1 aliphatic carbocycles. The van der Waals surface area contributed by atoms with E-state index >= 15 is 0 Å². The molecule has 1 heterocycles. The molecule has 0 N–H and O–H groups in total. The lowest BCUT2D eigenvalue weighted by Gasteiger charge is -2.29. The van der Waals surface area contributed by atoms with Crippen LogP contribution in [0.3, 0.4) is 0 Å². The van der Waals surface area contributed by atoms with Crippen LogP contribution in [-0.2, 0) is 5.41 Å². The Morgan fingerprint density at radius 2 is 0.947 bits per heavy atom. The number of hydrogen-bond acceptors (Lipinski definition) is 2. The highest BCUT2D eigenvalue weighted by Gasteiger charge is 2.37. The second-order valence-corrected chi connectivity index (χ2v) is 15.7. The molecule has 10 aromatic rings. The second-order valence-electron chi connectivity index (χ2n) is 15.7. The lowest BCUT2D eigenvalue weighted by atomic mass is 9.82. The van der Waals surface area contributed by atoms with Crippen LogP contribution < -0.4 is 4.90 Å². The summed E-state index contributed by atoms with van der Waals surface area (Å²) in [5.41, 5.74) is 17.6. The molecule has 1 aromatic heterocycles. The number of furan rings is 1. The highest BCUT2D eigenvalue weighted by atomic mass is 16.3. The number of anilines is 3. The number of para-hydroxylation sites is 2. The van der Waals surface area contributed by atoms with E-state index in [-0.39, 0.29) is 5.41 Å². The molecule has 11 rings (SSSR count). The molecule has 0 spiro atoms. The molecule has 0 radical (unpaired) electrons. The number of nitrogens with zero attached hydrogens (tertiary/aromatic N) is 1. The van der Waals surface area contributed by atoms with Crippen LogP contribution in [0.25, 0.3) is 77.2 Å². The molecule has 0 amide bonds. The Morgan fingerprint density at radius 1 is 0.386 bits per heavy atom. The van der Waals surface area contributed by atoms with Crippen LogP contribution in [0.5, 0.6) is 0 Å². The first-order valence-electron chi connectivity index (χ1n) is 19.8. The minimum atomic E-state index is -0.0866. The van der Waals surface area contributed by atoms with Crippen LogP contribution in [0.1, 0.15) is 25.0 Å². The summed E-state index contributed by atoms with van der Waals surface area (Å²) < 4.78 is 6.15. The molecule has 270 valence electrons. The molecule has 0 aliphatic heterocycles. The zero-order valence-corrected chi connectivity index (χ0v) is 31.9. The van der Waals surface area contributed by atoms with Gasteiger partial charge in [0.05, 0.1) is 5.69 Å². The van der Waals surface area contributed by atoms with Crippen molar-refractivity contribution in [2.75, 3.05) is 4.90 Å². The summed E-state index contributed by atoms with van der Waals surface area (Å²) in [5.74, 6) is 0. The fourth-order valence-electron chi connectivity index (χ4n) is 9.18. The van der Waals surface area contributed by atoms with E-state index in [2.05, 4.69) is 207 Å². The maximum atomic E-state index is 6.15. The molecule has 0 saturated carbocycles. The van der Waals surface area contributed by atoms with Crippen molar-refractivity contribution in [1.29, 1.82) is 0 Å². The Morgan fingerprint density at radius 3 is 1.74 bits per heavy atom. The van der Waals surface area contributed by atoms with Crippen molar-refractivity contribution >= 4 is 49.8 Å². The highest BCUT2D eigenvalue weighted by Crippen LogP contribution is 2.53. The third-order valence-electron chi connectivity index (χ3n) is 12.1. The Balaban J connectivity index is 1.05. The van der Waals surface area contributed by atoms with Gasteiger partial charge in [-0.3, -0.25) is 0 Å². The summed E-state index contributed by atoms with van der Waals surface area (Å²) >= 11 is 0. The summed E-state index contributed by atoms with van der Waals surface area (Å²) in [6.45, 7) is 4.70. The fourth-order valence-corrected chi connectivity index (χ4v) is 9.18. The standard InChI is InChI=1S/C55H39NO/c1-55(2)49-18-8-5-16-47(49)54-46(17-11-19-50(54)55)44-14-6-9-20-51(44)56(42-29-24-37(25-30-42)40-23-22-36-12-3-4-13-39(36)34-40)43-31-26-38(27-32-43)41-28-33-53-48(35-41)45-15-7-10-21-52(45)57-53/h3-35H,1-2H3. The van der Waals surface area contributed by atoms with Gasteiger partial charge < -0.3 is 9.32 Å². The SMILES string of the molecule is CC1(C)c2ccccc2-c2c(-c3ccccc3N(c3ccc(-c4ccc5ccccc5c4)cc3)c3ccc(-c4ccc5oc6ccccc6c5c4)cc3)cccc21. The van der Waals surface area contributed by atoms with E-state index in [0.717, 1.165) is 50.1 Å². The molecule has 0 unspecified atom stereocenters. The van der Waals surface area contributed by atoms with E-state index in [9.17, 15) is 0 Å². The van der Waals surface area contributed by atoms with Gasteiger partial charge in [0.2, 0.25) is 0 Å². The molecule has 0 saturated heterocycles. The Kier molecular flexibility index (Phi) is 7.55. The van der Waals surface area contributed by atoms with Gasteiger partial charge in [-0.05, 0) is 115 Å². The predicted octanol–water partition coefficient (Wildman–Crippen LogP) is 15.5. The summed E-state index contributed by atoms with van der Waals surface area (Å²) in [6, 6.07) is 72.8. The Hall–Kier alpha value is -7.16. The molecule has 0 atom stereocenters. The quantitative estimate of drug-likeness (QED) is 0.169. The van der Waals surface area contributed by atoms with Gasteiger partial charge in [-0.25, -0.2) is 0 Å². The molecule has 1 aliphatic rings. The van der Waals surface area contributed by atoms with Gasteiger partial charge >= 0.3 is 0 Å². The van der Waals surface area contributed by atoms with E-state index < -0.39 is 0 Å². The maximum Gasteiger partial charge on any atom is 0.135 e. The molecule has 0 bridgehead atoms. The zero-order chi connectivity index (χ0) is 38.1. The summed E-state index contributed by atoms with van der Waals surface area (Å²) in [4.78, 5) is 2.42. The highest BCUT2D eigenvalue weighted by molar-refractivity contribution is 6.06. The first kappa shape index (κ1) is 33.2. The van der Waals surface area contributed by atoms with Gasteiger partial charge in [0.15, 0.2) is 0 Å². The first-order valence-corrected chi connectivity index (χ1v) is 19.8. The molecular formula is C55H39NO. The maximum absolute atomic E-state index is 6.15. The van der Waals surface area contributed by atoms with Crippen molar-refractivity contribution in [1.82, 2.24) is 0 Å². The van der Waals surface area contributed by atoms with E-state index in [1.807, 2.05) is 12.1 Å². The average molecular weight is 730 g/mol. The average Bonchev–Trinajstić information content (AvgIpc) is 3.76. The monoisotopic (exact) mass is 729 g/mol. The third kappa shape index (κ3) is 5.40. The van der Waals surface area contributed by atoms with Crippen LogP contribution in [-0.4, -0.2) is 0 Å². The topological polar surface area (TPSA) is 16.4 Å². The van der Waals surface area contributed by atoms with E-state index in [1.165, 1.54) is 55.3 Å². The van der Waals surface area contributed by atoms with Gasteiger partial charge in [-0.1, -0.05) is 159 Å². The van der Waals surface area contributed by atoms with Crippen molar-refractivity contribution in [3.05, 3.63) is 211 Å². The summed E-state index contributed by atoms with van der Waals surface area (Å²) in [7, 11) is 0.